The van der Waals surface area contributed by atoms with Crippen molar-refractivity contribution in [3.63, 3.8) is 0 Å². The van der Waals surface area contributed by atoms with Gasteiger partial charge in [-0.1, -0.05) is 49.6 Å². The summed E-state index contributed by atoms with van der Waals surface area (Å²) in [5.74, 6) is 0.256. The molecular weight excluding hydrogens is 398 g/mol. The molecule has 1 aromatic rings. The lowest BCUT2D eigenvalue weighted by molar-refractivity contribution is -0.123. The molecule has 21 heavy (non-hydrogen) atoms. The fraction of sp³-hybridized carbons (Fsp3) is 0.500. The number of carbonyl (C=O) groups is 2. The Kier molecular flexibility index (Phi) is 3.09. The molecule has 1 heterocycles. The molecule has 6 atom stereocenters. The van der Waals surface area contributed by atoms with Gasteiger partial charge in [-0.3, -0.25) is 14.5 Å². The third-order valence-corrected chi connectivity index (χ3v) is 8.49. The van der Waals surface area contributed by atoms with Crippen molar-refractivity contribution in [1.29, 1.82) is 0 Å². The van der Waals surface area contributed by atoms with E-state index < -0.39 is 0 Å². The SMILES string of the molecule is Cc1ccc(N2C(=O)[C@@H]3[C@H]4C[C@@H]([C@H](Br)[C@@H]4Br)[C@@H]3C2=O)cc1. The van der Waals surface area contributed by atoms with E-state index in [0.29, 0.717) is 15.3 Å². The lowest BCUT2D eigenvalue weighted by Crippen LogP contribution is -2.37. The van der Waals surface area contributed by atoms with Crippen molar-refractivity contribution in [1.82, 2.24) is 0 Å². The molecular formula is C16H15Br2NO2. The minimum atomic E-state index is -0.137. The van der Waals surface area contributed by atoms with Crippen molar-refractivity contribution < 1.29 is 9.59 Å². The van der Waals surface area contributed by atoms with E-state index in [1.54, 1.807) is 0 Å². The van der Waals surface area contributed by atoms with Gasteiger partial charge in [0.1, 0.15) is 0 Å². The Bertz CT molecular complexity index is 598. The number of hydrogen-bond acceptors (Lipinski definition) is 2. The molecule has 0 N–H and O–H groups in total. The molecule has 2 aliphatic carbocycles. The standard InChI is InChI=1S/C16H15Br2NO2/c1-7-2-4-8(5-3-7)19-15(20)11-9-6-10(12(11)16(19)21)14(18)13(9)17/h2-5,9-14H,6H2,1H3/t9-,10-,11-,12+,13-,14+/m1/s1. The van der Waals surface area contributed by atoms with Crippen LogP contribution in [-0.2, 0) is 9.59 Å². The number of alkyl halides is 2. The summed E-state index contributed by atoms with van der Waals surface area (Å²) in [5.41, 5.74) is 1.83. The first-order chi connectivity index (χ1) is 10.0. The van der Waals surface area contributed by atoms with Crippen molar-refractivity contribution >= 4 is 49.4 Å². The zero-order valence-corrected chi connectivity index (χ0v) is 14.7. The molecule has 110 valence electrons. The van der Waals surface area contributed by atoms with E-state index in [1.807, 2.05) is 31.2 Å². The Labute approximate surface area is 140 Å². The monoisotopic (exact) mass is 411 g/mol. The molecule has 0 unspecified atom stereocenters. The molecule has 0 aromatic heterocycles. The smallest absolute Gasteiger partial charge is 0.238 e. The van der Waals surface area contributed by atoms with Crippen LogP contribution in [0.25, 0.3) is 0 Å². The molecule has 3 nitrogen and oxygen atoms in total. The van der Waals surface area contributed by atoms with Crippen LogP contribution in [0.3, 0.4) is 0 Å². The minimum absolute atomic E-state index is 0.00907. The van der Waals surface area contributed by atoms with Gasteiger partial charge in [0, 0.05) is 9.65 Å². The fourth-order valence-electron chi connectivity index (χ4n) is 4.30. The summed E-state index contributed by atoms with van der Waals surface area (Å²) in [6.45, 7) is 2.00. The summed E-state index contributed by atoms with van der Waals surface area (Å²) in [4.78, 5) is 27.6. The predicted octanol–water partition coefficient (Wildman–Crippen LogP) is 3.28. The van der Waals surface area contributed by atoms with Crippen LogP contribution in [0.2, 0.25) is 0 Å². The third-order valence-electron chi connectivity index (χ3n) is 5.28. The van der Waals surface area contributed by atoms with Crippen molar-refractivity contribution in [3.05, 3.63) is 29.8 Å². The van der Waals surface area contributed by atoms with Gasteiger partial charge in [-0.05, 0) is 37.3 Å². The number of imide groups is 1. The maximum atomic E-state index is 12.8. The number of anilines is 1. The molecule has 1 aromatic carbocycles. The molecule has 2 amide bonds. The van der Waals surface area contributed by atoms with Gasteiger partial charge in [-0.25, -0.2) is 0 Å². The highest BCUT2D eigenvalue weighted by atomic mass is 79.9. The van der Waals surface area contributed by atoms with Crippen LogP contribution in [0.5, 0.6) is 0 Å². The first-order valence-corrected chi connectivity index (χ1v) is 9.06. The topological polar surface area (TPSA) is 37.4 Å². The molecule has 3 aliphatic rings. The summed E-state index contributed by atoms with van der Waals surface area (Å²) in [5, 5.41) is 0. The Morgan fingerprint density at radius 1 is 0.952 bits per heavy atom. The van der Waals surface area contributed by atoms with Crippen LogP contribution in [0, 0.1) is 30.6 Å². The molecule has 2 saturated carbocycles. The molecule has 0 spiro atoms. The van der Waals surface area contributed by atoms with Crippen molar-refractivity contribution in [2.24, 2.45) is 23.7 Å². The van der Waals surface area contributed by atoms with Gasteiger partial charge in [0.05, 0.1) is 17.5 Å². The van der Waals surface area contributed by atoms with Crippen molar-refractivity contribution in [3.8, 4) is 0 Å². The van der Waals surface area contributed by atoms with Crippen LogP contribution in [-0.4, -0.2) is 21.5 Å². The first kappa shape index (κ1) is 13.9. The Hall–Kier alpha value is -0.680. The number of hydrogen-bond donors (Lipinski definition) is 0. The van der Waals surface area contributed by atoms with Gasteiger partial charge in [0.25, 0.3) is 0 Å². The average Bonchev–Trinajstić information content (AvgIpc) is 3.06. The van der Waals surface area contributed by atoms with Gasteiger partial charge < -0.3 is 0 Å². The van der Waals surface area contributed by atoms with Crippen LogP contribution >= 0.6 is 31.9 Å². The number of amides is 2. The highest BCUT2D eigenvalue weighted by molar-refractivity contribution is 9.12. The molecule has 2 bridgehead atoms. The van der Waals surface area contributed by atoms with E-state index >= 15 is 0 Å². The summed E-state index contributed by atoms with van der Waals surface area (Å²) in [6.07, 6.45) is 0.973. The van der Waals surface area contributed by atoms with Crippen LogP contribution in [0.1, 0.15) is 12.0 Å². The van der Waals surface area contributed by atoms with E-state index in [1.165, 1.54) is 4.90 Å². The molecule has 0 radical (unpaired) electrons. The summed E-state index contributed by atoms with van der Waals surface area (Å²) in [7, 11) is 0. The van der Waals surface area contributed by atoms with Crippen LogP contribution < -0.4 is 4.90 Å². The quantitative estimate of drug-likeness (QED) is 0.524. The van der Waals surface area contributed by atoms with Gasteiger partial charge in [-0.2, -0.15) is 0 Å². The van der Waals surface area contributed by atoms with E-state index in [2.05, 4.69) is 31.9 Å². The number of aryl methyl sites for hydroxylation is 1. The summed E-state index contributed by atoms with van der Waals surface area (Å²) in [6, 6.07) is 7.62. The molecule has 4 rings (SSSR count). The third kappa shape index (κ3) is 1.76. The second-order valence-electron chi connectivity index (χ2n) is 6.35. The summed E-state index contributed by atoms with van der Waals surface area (Å²) < 4.78 is 0. The van der Waals surface area contributed by atoms with Crippen molar-refractivity contribution in [2.75, 3.05) is 4.90 Å². The fourth-order valence-corrected chi connectivity index (χ4v) is 6.17. The molecule has 3 fully saturated rings. The lowest BCUT2D eigenvalue weighted by Gasteiger charge is -2.28. The highest BCUT2D eigenvalue weighted by Crippen LogP contribution is 2.60. The largest absolute Gasteiger partial charge is 0.274 e. The number of fused-ring (bicyclic) bond motifs is 5. The van der Waals surface area contributed by atoms with Gasteiger partial charge in [0.2, 0.25) is 11.8 Å². The normalized spacial score (nSPS) is 41.0. The molecule has 5 heteroatoms. The maximum Gasteiger partial charge on any atom is 0.238 e. The predicted molar refractivity (Wildman–Crippen MR) is 87.7 cm³/mol. The molecule has 1 aliphatic heterocycles. The van der Waals surface area contributed by atoms with Crippen LogP contribution in [0.15, 0.2) is 24.3 Å². The van der Waals surface area contributed by atoms with Gasteiger partial charge in [0.15, 0.2) is 0 Å². The van der Waals surface area contributed by atoms with E-state index in [4.69, 9.17) is 0 Å². The zero-order valence-electron chi connectivity index (χ0n) is 11.5. The molecule has 1 saturated heterocycles. The Morgan fingerprint density at radius 3 is 1.90 bits per heavy atom. The van der Waals surface area contributed by atoms with Gasteiger partial charge >= 0.3 is 0 Å². The van der Waals surface area contributed by atoms with E-state index in [-0.39, 0.29) is 35.5 Å². The van der Waals surface area contributed by atoms with Crippen LogP contribution in [0.4, 0.5) is 5.69 Å². The van der Waals surface area contributed by atoms with E-state index in [0.717, 1.165) is 12.0 Å². The number of benzene rings is 1. The second-order valence-corrected chi connectivity index (χ2v) is 8.47. The maximum absolute atomic E-state index is 12.8. The number of halogens is 2. The number of rotatable bonds is 1. The lowest BCUT2D eigenvalue weighted by atomic mass is 9.81. The number of carbonyl (C=O) groups excluding carboxylic acids is 2. The average molecular weight is 413 g/mol. The Morgan fingerprint density at radius 2 is 1.43 bits per heavy atom. The van der Waals surface area contributed by atoms with Crippen molar-refractivity contribution in [2.45, 2.75) is 23.0 Å². The zero-order chi connectivity index (χ0) is 14.9. The highest BCUT2D eigenvalue weighted by Gasteiger charge is 2.66. The second kappa shape index (κ2) is 4.66. The summed E-state index contributed by atoms with van der Waals surface area (Å²) >= 11 is 7.40. The minimum Gasteiger partial charge on any atom is -0.274 e. The number of nitrogens with zero attached hydrogens (tertiary/aromatic N) is 1. The van der Waals surface area contributed by atoms with E-state index in [9.17, 15) is 9.59 Å². The Balaban J connectivity index is 1.73. The van der Waals surface area contributed by atoms with Gasteiger partial charge in [-0.15, -0.1) is 0 Å². The first-order valence-electron chi connectivity index (χ1n) is 7.23.